The van der Waals surface area contributed by atoms with Gasteiger partial charge in [-0.05, 0) is 49.6 Å². The molecule has 2 aromatic heterocycles. The quantitative estimate of drug-likeness (QED) is 0.650. The van der Waals surface area contributed by atoms with Gasteiger partial charge in [0.2, 0.25) is 5.88 Å². The van der Waals surface area contributed by atoms with Gasteiger partial charge in [0, 0.05) is 6.20 Å². The Labute approximate surface area is 129 Å². The van der Waals surface area contributed by atoms with Crippen LogP contribution in [0.25, 0.3) is 5.65 Å². The van der Waals surface area contributed by atoms with Crippen molar-refractivity contribution in [1.82, 2.24) is 9.38 Å². The Bertz CT molecular complexity index is 808. The summed E-state index contributed by atoms with van der Waals surface area (Å²) in [6, 6.07) is 10.0. The van der Waals surface area contributed by atoms with Crippen molar-refractivity contribution >= 4 is 17.2 Å². The molecule has 0 aliphatic carbocycles. The minimum Gasteiger partial charge on any atom is -0.437 e. The topological polar surface area (TPSA) is 26.5 Å². The van der Waals surface area contributed by atoms with Gasteiger partial charge in [0.1, 0.15) is 17.1 Å². The number of halogens is 1. The summed E-state index contributed by atoms with van der Waals surface area (Å²) in [5.41, 5.74) is 5.13. The highest BCUT2D eigenvalue weighted by Crippen LogP contribution is 2.32. The fourth-order valence-electron chi connectivity index (χ4n) is 2.41. The fourth-order valence-corrected chi connectivity index (χ4v) is 2.65. The van der Waals surface area contributed by atoms with Crippen molar-refractivity contribution in [3.8, 4) is 11.6 Å². The van der Waals surface area contributed by atoms with Gasteiger partial charge in [-0.1, -0.05) is 18.2 Å². The highest BCUT2D eigenvalue weighted by molar-refractivity contribution is 6.17. The fraction of sp³-hybridized carbons (Fsp3) is 0.235. The van der Waals surface area contributed by atoms with E-state index in [1.165, 1.54) is 5.56 Å². The number of nitrogens with zero attached hydrogens (tertiary/aromatic N) is 2. The second kappa shape index (κ2) is 5.41. The number of aromatic nitrogens is 2. The van der Waals surface area contributed by atoms with Crippen molar-refractivity contribution in [3.05, 3.63) is 58.9 Å². The lowest BCUT2D eigenvalue weighted by Crippen LogP contribution is -1.96. The Morgan fingerprint density at radius 1 is 1.10 bits per heavy atom. The van der Waals surface area contributed by atoms with E-state index in [9.17, 15) is 0 Å². The van der Waals surface area contributed by atoms with E-state index in [0.29, 0.717) is 11.8 Å². The van der Waals surface area contributed by atoms with E-state index < -0.39 is 0 Å². The molecule has 0 saturated heterocycles. The van der Waals surface area contributed by atoms with Crippen LogP contribution < -0.4 is 4.74 Å². The highest BCUT2D eigenvalue weighted by atomic mass is 35.5. The molecule has 0 atom stereocenters. The van der Waals surface area contributed by atoms with Gasteiger partial charge in [-0.3, -0.25) is 4.40 Å². The second-order valence-corrected chi connectivity index (χ2v) is 5.45. The van der Waals surface area contributed by atoms with Gasteiger partial charge in [0.05, 0.1) is 5.88 Å². The molecule has 0 aliphatic heterocycles. The molecule has 0 saturated carbocycles. The van der Waals surface area contributed by atoms with E-state index in [-0.39, 0.29) is 0 Å². The van der Waals surface area contributed by atoms with Crippen molar-refractivity contribution in [3.63, 3.8) is 0 Å². The molecule has 0 aliphatic rings. The summed E-state index contributed by atoms with van der Waals surface area (Å²) < 4.78 is 8.07. The van der Waals surface area contributed by atoms with Crippen LogP contribution in [0, 0.1) is 20.8 Å². The molecule has 0 N–H and O–H groups in total. The Morgan fingerprint density at radius 2 is 1.86 bits per heavy atom. The van der Waals surface area contributed by atoms with Gasteiger partial charge in [0.25, 0.3) is 0 Å². The normalized spacial score (nSPS) is 11.0. The summed E-state index contributed by atoms with van der Waals surface area (Å²) in [7, 11) is 0. The number of pyridine rings is 1. The van der Waals surface area contributed by atoms with Crippen LogP contribution in [0.3, 0.4) is 0 Å². The molecule has 3 nitrogen and oxygen atoms in total. The van der Waals surface area contributed by atoms with Crippen LogP contribution in [0.2, 0.25) is 0 Å². The summed E-state index contributed by atoms with van der Waals surface area (Å²) in [6.07, 6.45) is 1.95. The Hall–Kier alpha value is -2.00. The van der Waals surface area contributed by atoms with Crippen molar-refractivity contribution in [2.24, 2.45) is 0 Å². The van der Waals surface area contributed by atoms with Crippen molar-refractivity contribution < 1.29 is 4.74 Å². The van der Waals surface area contributed by atoms with Gasteiger partial charge in [0.15, 0.2) is 0 Å². The molecular weight excluding hydrogens is 284 g/mol. The van der Waals surface area contributed by atoms with Gasteiger partial charge >= 0.3 is 0 Å². The average molecular weight is 301 g/mol. The van der Waals surface area contributed by atoms with E-state index in [0.717, 1.165) is 28.2 Å². The minimum atomic E-state index is 0.352. The molecule has 108 valence electrons. The average Bonchev–Trinajstić information content (AvgIpc) is 2.84. The second-order valence-electron chi connectivity index (χ2n) is 5.18. The lowest BCUT2D eigenvalue weighted by atomic mass is 10.1. The molecule has 0 bridgehead atoms. The molecule has 21 heavy (non-hydrogen) atoms. The third-order valence-corrected chi connectivity index (χ3v) is 4.04. The maximum absolute atomic E-state index is 6.11. The summed E-state index contributed by atoms with van der Waals surface area (Å²) in [4.78, 5) is 4.55. The molecule has 0 fully saturated rings. The Kier molecular flexibility index (Phi) is 3.60. The number of benzene rings is 1. The molecule has 4 heteroatoms. The van der Waals surface area contributed by atoms with Crippen molar-refractivity contribution in [2.75, 3.05) is 0 Å². The van der Waals surface area contributed by atoms with E-state index in [1.54, 1.807) is 0 Å². The summed E-state index contributed by atoms with van der Waals surface area (Å²) in [5.74, 6) is 1.79. The number of fused-ring (bicyclic) bond motifs is 1. The molecule has 2 heterocycles. The van der Waals surface area contributed by atoms with Crippen LogP contribution in [0.5, 0.6) is 11.6 Å². The molecule has 1 aromatic carbocycles. The van der Waals surface area contributed by atoms with Gasteiger partial charge in [-0.15, -0.1) is 11.6 Å². The maximum Gasteiger partial charge on any atom is 0.242 e. The summed E-state index contributed by atoms with van der Waals surface area (Å²) >= 11 is 6.09. The van der Waals surface area contributed by atoms with Crippen molar-refractivity contribution in [1.29, 1.82) is 0 Å². The first-order valence-corrected chi connectivity index (χ1v) is 7.42. The lowest BCUT2D eigenvalue weighted by molar-refractivity contribution is 0.454. The predicted molar refractivity (Wildman–Crippen MR) is 85.5 cm³/mol. The number of ether oxygens (including phenoxy) is 1. The van der Waals surface area contributed by atoms with Crippen LogP contribution >= 0.6 is 11.6 Å². The summed E-state index contributed by atoms with van der Waals surface area (Å²) in [6.45, 7) is 6.18. The zero-order chi connectivity index (χ0) is 15.0. The predicted octanol–water partition coefficient (Wildman–Crippen LogP) is 4.79. The minimum absolute atomic E-state index is 0.352. The third kappa shape index (κ3) is 2.38. The summed E-state index contributed by atoms with van der Waals surface area (Å²) in [5, 5.41) is 0. The number of hydrogen-bond donors (Lipinski definition) is 0. The van der Waals surface area contributed by atoms with Crippen LogP contribution in [-0.4, -0.2) is 9.38 Å². The SMILES string of the molecule is Cc1ccc(C)c(Oc2nc3ccccn3c2CCl)c1C. The van der Waals surface area contributed by atoms with Crippen LogP contribution in [0.4, 0.5) is 0 Å². The molecule has 3 aromatic rings. The zero-order valence-electron chi connectivity index (χ0n) is 12.4. The molecule has 3 rings (SSSR count). The van der Waals surface area contributed by atoms with Crippen LogP contribution in [0.1, 0.15) is 22.4 Å². The molecule has 0 unspecified atom stereocenters. The molecular formula is C17H17ClN2O. The first-order valence-electron chi connectivity index (χ1n) is 6.88. The first-order chi connectivity index (χ1) is 10.1. The largest absolute Gasteiger partial charge is 0.437 e. The Morgan fingerprint density at radius 3 is 2.62 bits per heavy atom. The number of alkyl halides is 1. The van der Waals surface area contributed by atoms with E-state index >= 15 is 0 Å². The highest BCUT2D eigenvalue weighted by Gasteiger charge is 2.15. The molecule has 0 radical (unpaired) electrons. The molecule has 0 spiro atoms. The standard InChI is InChI=1S/C17H17ClN2O/c1-11-7-8-12(2)16(13(11)3)21-17-14(10-18)20-9-5-4-6-15(20)19-17/h4-9H,10H2,1-3H3. The van der Waals surface area contributed by atoms with Gasteiger partial charge < -0.3 is 4.74 Å². The Balaban J connectivity index is 2.12. The van der Waals surface area contributed by atoms with Crippen molar-refractivity contribution in [2.45, 2.75) is 26.7 Å². The smallest absolute Gasteiger partial charge is 0.242 e. The number of rotatable bonds is 3. The maximum atomic E-state index is 6.11. The molecule has 0 amide bonds. The van der Waals surface area contributed by atoms with Crippen LogP contribution in [0.15, 0.2) is 36.5 Å². The first kappa shape index (κ1) is 14.0. The number of hydrogen-bond acceptors (Lipinski definition) is 2. The van der Waals surface area contributed by atoms with E-state index in [4.69, 9.17) is 16.3 Å². The lowest BCUT2D eigenvalue weighted by Gasteiger charge is -2.12. The van der Waals surface area contributed by atoms with E-state index in [1.807, 2.05) is 35.7 Å². The van der Waals surface area contributed by atoms with Gasteiger partial charge in [-0.2, -0.15) is 4.98 Å². The number of imidazole rings is 1. The monoisotopic (exact) mass is 300 g/mol. The zero-order valence-corrected chi connectivity index (χ0v) is 13.1. The van der Waals surface area contributed by atoms with Crippen LogP contribution in [-0.2, 0) is 5.88 Å². The van der Waals surface area contributed by atoms with Gasteiger partial charge in [-0.25, -0.2) is 0 Å². The third-order valence-electron chi connectivity index (χ3n) is 3.79. The number of aryl methyl sites for hydroxylation is 2. The van der Waals surface area contributed by atoms with E-state index in [2.05, 4.69) is 31.0 Å².